The SMILES string of the molecule is O=c1c2[nH]c3ccc(Br)cc3c2ncn1N=Cc1ccc(Cl)cc1. The highest BCUT2D eigenvalue weighted by Crippen LogP contribution is 2.24. The minimum atomic E-state index is -0.252. The summed E-state index contributed by atoms with van der Waals surface area (Å²) >= 11 is 9.29. The molecule has 2 aromatic carbocycles. The maximum absolute atomic E-state index is 12.6. The predicted molar refractivity (Wildman–Crippen MR) is 100 cm³/mol. The molecule has 7 heteroatoms. The molecule has 4 aromatic rings. The van der Waals surface area contributed by atoms with Crippen molar-refractivity contribution in [1.82, 2.24) is 14.6 Å². The lowest BCUT2D eigenvalue weighted by molar-refractivity contribution is 0.815. The molecule has 5 nitrogen and oxygen atoms in total. The van der Waals surface area contributed by atoms with Gasteiger partial charge in [-0.2, -0.15) is 9.78 Å². The van der Waals surface area contributed by atoms with Crippen LogP contribution in [0.15, 0.2) is 63.2 Å². The van der Waals surface area contributed by atoms with E-state index in [4.69, 9.17) is 11.6 Å². The molecule has 0 atom stereocenters. The van der Waals surface area contributed by atoms with Crippen LogP contribution in [-0.2, 0) is 0 Å². The molecule has 0 spiro atoms. The summed E-state index contributed by atoms with van der Waals surface area (Å²) < 4.78 is 2.14. The fourth-order valence-corrected chi connectivity index (χ4v) is 2.97. The molecule has 0 amide bonds. The molecule has 0 unspecified atom stereocenters. The summed E-state index contributed by atoms with van der Waals surface area (Å²) in [5, 5.41) is 5.73. The number of aromatic nitrogens is 3. The quantitative estimate of drug-likeness (QED) is 0.512. The third-order valence-corrected chi connectivity index (χ3v) is 4.40. The van der Waals surface area contributed by atoms with Gasteiger partial charge in [-0.25, -0.2) is 4.98 Å². The third kappa shape index (κ3) is 2.64. The Labute approximate surface area is 149 Å². The second-order valence-corrected chi connectivity index (χ2v) is 6.58. The van der Waals surface area contributed by atoms with Crippen molar-refractivity contribution in [2.24, 2.45) is 5.10 Å². The van der Waals surface area contributed by atoms with Gasteiger partial charge in [0.05, 0.1) is 6.21 Å². The molecule has 2 heterocycles. The van der Waals surface area contributed by atoms with Crippen LogP contribution >= 0.6 is 27.5 Å². The van der Waals surface area contributed by atoms with Gasteiger partial charge < -0.3 is 4.98 Å². The molecule has 0 bridgehead atoms. The van der Waals surface area contributed by atoms with Crippen LogP contribution in [0.4, 0.5) is 0 Å². The van der Waals surface area contributed by atoms with Crippen LogP contribution in [0.5, 0.6) is 0 Å². The minimum Gasteiger partial charge on any atom is -0.349 e. The van der Waals surface area contributed by atoms with Crippen LogP contribution < -0.4 is 5.56 Å². The highest BCUT2D eigenvalue weighted by Gasteiger charge is 2.10. The van der Waals surface area contributed by atoms with Gasteiger partial charge in [-0.1, -0.05) is 39.7 Å². The molecule has 0 fully saturated rings. The third-order valence-electron chi connectivity index (χ3n) is 3.65. The van der Waals surface area contributed by atoms with Gasteiger partial charge in [-0.15, -0.1) is 0 Å². The highest BCUT2D eigenvalue weighted by atomic mass is 79.9. The normalized spacial score (nSPS) is 11.8. The van der Waals surface area contributed by atoms with Gasteiger partial charge in [-0.05, 0) is 35.9 Å². The van der Waals surface area contributed by atoms with Crippen LogP contribution in [-0.4, -0.2) is 20.9 Å². The lowest BCUT2D eigenvalue weighted by atomic mass is 10.2. The fourth-order valence-electron chi connectivity index (χ4n) is 2.48. The minimum absolute atomic E-state index is 0.252. The Morgan fingerprint density at radius 2 is 2.00 bits per heavy atom. The first-order valence-electron chi connectivity index (χ1n) is 7.10. The Bertz CT molecular complexity index is 1150. The van der Waals surface area contributed by atoms with Crippen molar-refractivity contribution in [2.75, 3.05) is 0 Å². The number of H-pyrrole nitrogens is 1. The molecule has 0 aliphatic rings. The lowest BCUT2D eigenvalue weighted by Gasteiger charge is -1.98. The Hall–Kier alpha value is -2.44. The Morgan fingerprint density at radius 1 is 1.21 bits per heavy atom. The molecule has 0 saturated carbocycles. The van der Waals surface area contributed by atoms with E-state index in [-0.39, 0.29) is 5.56 Å². The van der Waals surface area contributed by atoms with E-state index in [1.165, 1.54) is 11.0 Å². The number of rotatable bonds is 2. The summed E-state index contributed by atoms with van der Waals surface area (Å²) in [6, 6.07) is 12.9. The zero-order valence-corrected chi connectivity index (χ0v) is 14.5. The number of hydrogen-bond donors (Lipinski definition) is 1. The van der Waals surface area contributed by atoms with E-state index in [9.17, 15) is 4.79 Å². The molecule has 0 saturated heterocycles. The van der Waals surface area contributed by atoms with Gasteiger partial charge in [0, 0.05) is 20.4 Å². The summed E-state index contributed by atoms with van der Waals surface area (Å²) in [5.41, 5.74) is 2.51. The van der Waals surface area contributed by atoms with E-state index in [0.29, 0.717) is 16.1 Å². The predicted octanol–water partition coefficient (Wildman–Crippen LogP) is 4.18. The van der Waals surface area contributed by atoms with Crippen LogP contribution in [0.25, 0.3) is 21.9 Å². The van der Waals surface area contributed by atoms with Gasteiger partial charge in [0.1, 0.15) is 17.4 Å². The van der Waals surface area contributed by atoms with Crippen molar-refractivity contribution in [1.29, 1.82) is 0 Å². The monoisotopic (exact) mass is 400 g/mol. The molecule has 4 rings (SSSR count). The van der Waals surface area contributed by atoms with Crippen LogP contribution in [0.1, 0.15) is 5.56 Å². The summed E-state index contributed by atoms with van der Waals surface area (Å²) in [7, 11) is 0. The molecule has 2 aromatic heterocycles. The molecule has 0 aliphatic carbocycles. The van der Waals surface area contributed by atoms with Crippen molar-refractivity contribution in [2.45, 2.75) is 0 Å². The molecular formula is C17H10BrClN4O. The molecule has 1 N–H and O–H groups in total. The van der Waals surface area contributed by atoms with Crippen molar-refractivity contribution >= 4 is 55.7 Å². The Balaban J connectivity index is 1.82. The summed E-state index contributed by atoms with van der Waals surface area (Å²) in [6.07, 6.45) is 3.01. The molecule has 118 valence electrons. The maximum atomic E-state index is 12.6. The number of hydrogen-bond acceptors (Lipinski definition) is 3. The number of nitrogens with zero attached hydrogens (tertiary/aromatic N) is 3. The highest BCUT2D eigenvalue weighted by molar-refractivity contribution is 9.10. The van der Waals surface area contributed by atoms with E-state index in [1.54, 1.807) is 18.3 Å². The van der Waals surface area contributed by atoms with Gasteiger partial charge >= 0.3 is 0 Å². The first-order valence-corrected chi connectivity index (χ1v) is 8.27. The van der Waals surface area contributed by atoms with Crippen molar-refractivity contribution in [3.05, 3.63) is 74.2 Å². The van der Waals surface area contributed by atoms with Gasteiger partial charge in [0.25, 0.3) is 5.56 Å². The van der Waals surface area contributed by atoms with Gasteiger partial charge in [0.2, 0.25) is 0 Å². The van der Waals surface area contributed by atoms with Crippen molar-refractivity contribution in [3.8, 4) is 0 Å². The van der Waals surface area contributed by atoms with E-state index in [2.05, 4.69) is 31.0 Å². The van der Waals surface area contributed by atoms with Crippen LogP contribution in [0.2, 0.25) is 5.02 Å². The first kappa shape index (κ1) is 15.1. The second kappa shape index (κ2) is 5.89. The largest absolute Gasteiger partial charge is 0.349 e. The van der Waals surface area contributed by atoms with E-state index in [0.717, 1.165) is 20.9 Å². The van der Waals surface area contributed by atoms with Crippen LogP contribution in [0, 0.1) is 0 Å². The van der Waals surface area contributed by atoms with E-state index >= 15 is 0 Å². The van der Waals surface area contributed by atoms with E-state index < -0.39 is 0 Å². The number of benzene rings is 2. The van der Waals surface area contributed by atoms with E-state index in [1.807, 2.05) is 30.3 Å². The Morgan fingerprint density at radius 3 is 2.79 bits per heavy atom. The zero-order chi connectivity index (χ0) is 16.7. The number of aromatic amines is 1. The van der Waals surface area contributed by atoms with Gasteiger partial charge in [0.15, 0.2) is 0 Å². The average molecular weight is 402 g/mol. The molecule has 0 aliphatic heterocycles. The number of fused-ring (bicyclic) bond motifs is 3. The molecule has 0 radical (unpaired) electrons. The van der Waals surface area contributed by atoms with Crippen molar-refractivity contribution < 1.29 is 0 Å². The average Bonchev–Trinajstić information content (AvgIpc) is 2.95. The summed E-state index contributed by atoms with van der Waals surface area (Å²) in [5.74, 6) is 0. The smallest absolute Gasteiger partial charge is 0.298 e. The lowest BCUT2D eigenvalue weighted by Crippen LogP contribution is -2.17. The number of halogens is 2. The number of nitrogens with one attached hydrogen (secondary N) is 1. The topological polar surface area (TPSA) is 63.0 Å². The summed E-state index contributed by atoms with van der Waals surface area (Å²) in [6.45, 7) is 0. The molecular weight excluding hydrogens is 392 g/mol. The summed E-state index contributed by atoms with van der Waals surface area (Å²) in [4.78, 5) is 20.1. The Kier molecular flexibility index (Phi) is 3.70. The maximum Gasteiger partial charge on any atom is 0.298 e. The fraction of sp³-hybridized carbons (Fsp3) is 0. The zero-order valence-electron chi connectivity index (χ0n) is 12.2. The first-order chi connectivity index (χ1) is 11.6. The van der Waals surface area contributed by atoms with Crippen LogP contribution in [0.3, 0.4) is 0 Å². The standard InChI is InChI=1S/C17H10BrClN4O/c18-11-3-6-14-13(7-11)15-16(22-14)17(24)23(9-20-15)21-8-10-1-4-12(19)5-2-10/h1-9,22H. The van der Waals surface area contributed by atoms with Gasteiger partial charge in [-0.3, -0.25) is 4.79 Å². The molecule has 24 heavy (non-hydrogen) atoms. The van der Waals surface area contributed by atoms with Crippen molar-refractivity contribution in [3.63, 3.8) is 0 Å². The second-order valence-electron chi connectivity index (χ2n) is 5.23.